The summed E-state index contributed by atoms with van der Waals surface area (Å²) in [6, 6.07) is 7.78. The molecule has 0 bridgehead atoms. The van der Waals surface area contributed by atoms with Crippen LogP contribution in [0.15, 0.2) is 28.2 Å². The molecule has 3 aliphatic rings. The molecule has 0 amide bonds. The third-order valence-electron chi connectivity index (χ3n) is 4.96. The van der Waals surface area contributed by atoms with E-state index in [0.717, 1.165) is 22.8 Å². The van der Waals surface area contributed by atoms with Crippen LogP contribution in [0.2, 0.25) is 0 Å². The van der Waals surface area contributed by atoms with Crippen molar-refractivity contribution in [1.82, 2.24) is 10.2 Å². The number of nitrogens with zero attached hydrogens (tertiary/aromatic N) is 1. The second-order valence-electron chi connectivity index (χ2n) is 6.70. The second-order valence-corrected chi connectivity index (χ2v) is 7.61. The molecule has 1 saturated heterocycles. The van der Waals surface area contributed by atoms with Crippen molar-refractivity contribution >= 4 is 22.0 Å². The van der Waals surface area contributed by atoms with Gasteiger partial charge in [0.1, 0.15) is 12.4 Å². The highest BCUT2D eigenvalue weighted by atomic mass is 79.9. The number of fused-ring (bicyclic) bond motifs is 1. The van der Waals surface area contributed by atoms with Gasteiger partial charge >= 0.3 is 0 Å². The zero-order valence-corrected chi connectivity index (χ0v) is 14.4. The fourth-order valence-corrected chi connectivity index (χ4v) is 3.86. The van der Waals surface area contributed by atoms with Crippen LogP contribution in [0.3, 0.4) is 0 Å². The Morgan fingerprint density at radius 1 is 1.18 bits per heavy atom. The Labute approximate surface area is 140 Å². The molecule has 22 heavy (non-hydrogen) atoms. The van der Waals surface area contributed by atoms with Crippen LogP contribution in [0.1, 0.15) is 31.2 Å². The van der Waals surface area contributed by atoms with E-state index in [4.69, 9.17) is 4.74 Å². The summed E-state index contributed by atoms with van der Waals surface area (Å²) in [5, 5.41) is 3.73. The van der Waals surface area contributed by atoms with Crippen LogP contribution in [0.5, 0.6) is 5.75 Å². The van der Waals surface area contributed by atoms with E-state index in [-0.39, 0.29) is 0 Å². The van der Waals surface area contributed by atoms with Crippen molar-refractivity contribution in [3.05, 3.63) is 33.8 Å². The summed E-state index contributed by atoms with van der Waals surface area (Å²) in [6.45, 7) is 4.20. The molecule has 4 heteroatoms. The molecule has 0 radical (unpaired) electrons. The average Bonchev–Trinajstić information content (AvgIpc) is 3.38. The van der Waals surface area contributed by atoms with Gasteiger partial charge in [-0.05, 0) is 68.6 Å². The molecule has 1 aromatic carbocycles. The minimum atomic E-state index is 0.666. The first-order valence-electron chi connectivity index (χ1n) is 8.37. The van der Waals surface area contributed by atoms with Gasteiger partial charge in [-0.2, -0.15) is 0 Å². The van der Waals surface area contributed by atoms with Gasteiger partial charge in [-0.15, -0.1) is 0 Å². The maximum atomic E-state index is 5.85. The monoisotopic (exact) mass is 362 g/mol. The smallest absolute Gasteiger partial charge is 0.127 e. The van der Waals surface area contributed by atoms with Gasteiger partial charge < -0.3 is 15.0 Å². The highest BCUT2D eigenvalue weighted by Crippen LogP contribution is 2.30. The lowest BCUT2D eigenvalue weighted by atomic mass is 10.0. The first-order chi connectivity index (χ1) is 10.8. The molecule has 0 spiro atoms. The lowest BCUT2D eigenvalue weighted by molar-refractivity contribution is 0.190. The Morgan fingerprint density at radius 2 is 2.00 bits per heavy atom. The number of benzene rings is 1. The molecule has 1 aliphatic carbocycles. The van der Waals surface area contributed by atoms with Crippen molar-refractivity contribution in [2.75, 3.05) is 26.2 Å². The first-order valence-corrected chi connectivity index (χ1v) is 9.16. The molecule has 2 heterocycles. The number of rotatable bonds is 4. The summed E-state index contributed by atoms with van der Waals surface area (Å²) in [7, 11) is 0. The fourth-order valence-electron chi connectivity index (χ4n) is 3.48. The molecule has 4 rings (SSSR count). The molecular weight excluding hydrogens is 340 g/mol. The molecule has 118 valence electrons. The maximum absolute atomic E-state index is 5.85. The van der Waals surface area contributed by atoms with Crippen molar-refractivity contribution in [2.24, 2.45) is 0 Å². The Bertz CT molecular complexity index is 574. The summed E-state index contributed by atoms with van der Waals surface area (Å²) >= 11 is 3.53. The van der Waals surface area contributed by atoms with Gasteiger partial charge in [0.2, 0.25) is 0 Å². The van der Waals surface area contributed by atoms with Gasteiger partial charge in [0, 0.05) is 28.7 Å². The van der Waals surface area contributed by atoms with E-state index in [0.29, 0.717) is 12.6 Å². The molecule has 0 unspecified atom stereocenters. The first kappa shape index (κ1) is 14.7. The number of piperidine rings is 1. The lowest BCUT2D eigenvalue weighted by Gasteiger charge is -2.33. The summed E-state index contributed by atoms with van der Waals surface area (Å²) in [5.41, 5.74) is 2.52. The van der Waals surface area contributed by atoms with Gasteiger partial charge in [0.25, 0.3) is 0 Å². The van der Waals surface area contributed by atoms with Crippen molar-refractivity contribution in [2.45, 2.75) is 37.8 Å². The van der Waals surface area contributed by atoms with E-state index in [1.165, 1.54) is 49.9 Å². The number of halogens is 1. The molecule has 2 aliphatic heterocycles. The van der Waals surface area contributed by atoms with E-state index in [9.17, 15) is 0 Å². The summed E-state index contributed by atoms with van der Waals surface area (Å²) in [6.07, 6.45) is 7.70. The van der Waals surface area contributed by atoms with Crippen LogP contribution in [0.4, 0.5) is 0 Å². The fraction of sp³-hybridized carbons (Fsp3) is 0.556. The standard InChI is InChI=1S/C18H23BrN2O/c19-15-1-4-18-14(10-15)9-13(12-22-18)11-20-16-5-7-21(8-6-16)17-2-3-17/h1,4,9-10,16-17,20H,2-3,5-8,11-12H2. The van der Waals surface area contributed by atoms with E-state index in [2.05, 4.69) is 38.3 Å². The molecule has 1 saturated carbocycles. The molecule has 0 aromatic heterocycles. The predicted molar refractivity (Wildman–Crippen MR) is 93.2 cm³/mol. The van der Waals surface area contributed by atoms with E-state index in [1.54, 1.807) is 0 Å². The number of likely N-dealkylation sites (tertiary alicyclic amines) is 1. The third-order valence-corrected chi connectivity index (χ3v) is 5.45. The number of hydrogen-bond acceptors (Lipinski definition) is 3. The largest absolute Gasteiger partial charge is 0.489 e. The van der Waals surface area contributed by atoms with E-state index < -0.39 is 0 Å². The topological polar surface area (TPSA) is 24.5 Å². The highest BCUT2D eigenvalue weighted by Gasteiger charge is 2.31. The quantitative estimate of drug-likeness (QED) is 0.887. The summed E-state index contributed by atoms with van der Waals surface area (Å²) in [4.78, 5) is 2.68. The maximum Gasteiger partial charge on any atom is 0.127 e. The Morgan fingerprint density at radius 3 is 2.77 bits per heavy atom. The van der Waals surface area contributed by atoms with E-state index in [1.807, 2.05) is 12.1 Å². The average molecular weight is 363 g/mol. The Balaban J connectivity index is 1.31. The highest BCUT2D eigenvalue weighted by molar-refractivity contribution is 9.10. The van der Waals surface area contributed by atoms with Crippen LogP contribution in [0, 0.1) is 0 Å². The number of ether oxygens (including phenoxy) is 1. The molecule has 3 nitrogen and oxygen atoms in total. The van der Waals surface area contributed by atoms with Crippen LogP contribution < -0.4 is 10.1 Å². The third kappa shape index (κ3) is 3.39. The van der Waals surface area contributed by atoms with Crippen LogP contribution in [-0.2, 0) is 0 Å². The van der Waals surface area contributed by atoms with Crippen LogP contribution in [-0.4, -0.2) is 43.2 Å². The Hall–Kier alpha value is -0.840. The van der Waals surface area contributed by atoms with Crippen molar-refractivity contribution in [3.8, 4) is 5.75 Å². The zero-order chi connectivity index (χ0) is 14.9. The van der Waals surface area contributed by atoms with Gasteiger partial charge in [-0.1, -0.05) is 15.9 Å². The number of hydrogen-bond donors (Lipinski definition) is 1. The molecule has 1 aromatic rings. The van der Waals surface area contributed by atoms with Gasteiger partial charge in [-0.25, -0.2) is 0 Å². The molecular formula is C18H23BrN2O. The molecule has 0 atom stereocenters. The van der Waals surface area contributed by atoms with Crippen LogP contribution >= 0.6 is 15.9 Å². The molecule has 2 fully saturated rings. The van der Waals surface area contributed by atoms with Crippen molar-refractivity contribution in [1.29, 1.82) is 0 Å². The predicted octanol–water partition coefficient (Wildman–Crippen LogP) is 3.44. The molecule has 1 N–H and O–H groups in total. The van der Waals surface area contributed by atoms with Gasteiger partial charge in [0.15, 0.2) is 0 Å². The Kier molecular flexibility index (Phi) is 4.25. The van der Waals surface area contributed by atoms with E-state index >= 15 is 0 Å². The normalized spacial score (nSPS) is 22.9. The number of nitrogens with one attached hydrogen (secondary N) is 1. The van der Waals surface area contributed by atoms with Crippen molar-refractivity contribution in [3.63, 3.8) is 0 Å². The summed E-state index contributed by atoms with van der Waals surface area (Å²) < 4.78 is 6.95. The SMILES string of the molecule is Brc1ccc2c(c1)C=C(CNC1CCN(C3CC3)CC1)CO2. The lowest BCUT2D eigenvalue weighted by Crippen LogP contribution is -2.44. The second kappa shape index (κ2) is 6.34. The minimum absolute atomic E-state index is 0.666. The zero-order valence-electron chi connectivity index (χ0n) is 12.9. The summed E-state index contributed by atoms with van der Waals surface area (Å²) in [5.74, 6) is 0.990. The van der Waals surface area contributed by atoms with Crippen molar-refractivity contribution < 1.29 is 4.74 Å². The minimum Gasteiger partial charge on any atom is -0.489 e. The van der Waals surface area contributed by atoms with Crippen LogP contribution in [0.25, 0.3) is 6.08 Å². The van der Waals surface area contributed by atoms with Gasteiger partial charge in [-0.3, -0.25) is 0 Å². The van der Waals surface area contributed by atoms with Gasteiger partial charge in [0.05, 0.1) is 0 Å².